The lowest BCUT2D eigenvalue weighted by molar-refractivity contribution is 0.0600. The van der Waals surface area contributed by atoms with E-state index < -0.39 is 23.2 Å². The van der Waals surface area contributed by atoms with Crippen LogP contribution in [0.15, 0.2) is 41.4 Å². The van der Waals surface area contributed by atoms with Crippen LogP contribution in [0.2, 0.25) is 0 Å². The lowest BCUT2D eigenvalue weighted by atomic mass is 9.99. The van der Waals surface area contributed by atoms with E-state index in [9.17, 15) is 13.6 Å². The number of nitrogen functional groups attached to an aromatic ring is 2. The number of hydrogen-bond acceptors (Lipinski definition) is 7. The molecule has 0 amide bonds. The van der Waals surface area contributed by atoms with E-state index in [4.69, 9.17) is 16.9 Å². The van der Waals surface area contributed by atoms with Gasteiger partial charge in [0.2, 0.25) is 0 Å². The van der Waals surface area contributed by atoms with Crippen LogP contribution in [-0.4, -0.2) is 24.3 Å². The van der Waals surface area contributed by atoms with Crippen LogP contribution in [0.4, 0.5) is 20.3 Å². The van der Waals surface area contributed by atoms with Crippen molar-refractivity contribution in [2.45, 2.75) is 4.90 Å². The fourth-order valence-corrected chi connectivity index (χ4v) is 3.12. The molecule has 0 aliphatic rings. The first-order chi connectivity index (χ1) is 14.8. The van der Waals surface area contributed by atoms with Gasteiger partial charge < -0.3 is 21.6 Å². The van der Waals surface area contributed by atoms with E-state index in [-0.39, 0.29) is 22.6 Å². The van der Waals surface area contributed by atoms with Crippen LogP contribution in [0.5, 0.6) is 0 Å². The standard InChI is InChI=1S/C22H16F2N4O2S/c1-30-22(29)12-3-5-14(18(31)7-12)16-8-17(23)15(19(24)20(16)26)4-2-11-6-13(9-25)21(27)28-10-11/h3,5-10,25,31H,26H2,1H3,(H2,27,28). The zero-order valence-corrected chi connectivity index (χ0v) is 17.1. The fourth-order valence-electron chi connectivity index (χ4n) is 2.79. The first-order valence-electron chi connectivity index (χ1n) is 8.74. The van der Waals surface area contributed by atoms with Crippen molar-refractivity contribution in [2.75, 3.05) is 18.6 Å². The van der Waals surface area contributed by atoms with Crippen molar-refractivity contribution in [3.8, 4) is 23.0 Å². The average Bonchev–Trinajstić information content (AvgIpc) is 2.76. The van der Waals surface area contributed by atoms with Crippen molar-refractivity contribution in [1.82, 2.24) is 4.98 Å². The van der Waals surface area contributed by atoms with Crippen molar-refractivity contribution in [2.24, 2.45) is 0 Å². The normalized spacial score (nSPS) is 10.2. The highest BCUT2D eigenvalue weighted by molar-refractivity contribution is 7.80. The second kappa shape index (κ2) is 8.85. The number of methoxy groups -OCH3 is 1. The summed E-state index contributed by atoms with van der Waals surface area (Å²) in [6.45, 7) is 0. The van der Waals surface area contributed by atoms with E-state index in [1.165, 1.54) is 37.6 Å². The molecule has 0 bridgehead atoms. The number of nitrogens with one attached hydrogen (secondary N) is 1. The third-order valence-electron chi connectivity index (χ3n) is 4.40. The predicted octanol–water partition coefficient (Wildman–Crippen LogP) is 3.66. The van der Waals surface area contributed by atoms with Crippen molar-refractivity contribution in [3.63, 3.8) is 0 Å². The molecule has 6 nitrogen and oxygen atoms in total. The Kier molecular flexibility index (Phi) is 6.22. The Bertz CT molecular complexity index is 1280. The van der Waals surface area contributed by atoms with Gasteiger partial charge in [-0.3, -0.25) is 0 Å². The molecular formula is C22H16F2N4O2S. The molecule has 1 heterocycles. The Hall–Kier alpha value is -3.90. The third kappa shape index (κ3) is 4.34. The summed E-state index contributed by atoms with van der Waals surface area (Å²) in [5.41, 5.74) is 12.0. The van der Waals surface area contributed by atoms with E-state index in [1.807, 2.05) is 0 Å². The molecule has 0 aliphatic carbocycles. The number of esters is 1. The monoisotopic (exact) mass is 438 g/mol. The topological polar surface area (TPSA) is 115 Å². The highest BCUT2D eigenvalue weighted by Crippen LogP contribution is 2.35. The van der Waals surface area contributed by atoms with Crippen LogP contribution < -0.4 is 11.5 Å². The van der Waals surface area contributed by atoms with Crippen LogP contribution in [-0.2, 0) is 4.74 Å². The van der Waals surface area contributed by atoms with Gasteiger partial charge in [0.25, 0.3) is 0 Å². The molecule has 0 atom stereocenters. The molecular weight excluding hydrogens is 422 g/mol. The molecule has 31 heavy (non-hydrogen) atoms. The number of aromatic nitrogens is 1. The van der Waals surface area contributed by atoms with Gasteiger partial charge in [0.05, 0.1) is 23.9 Å². The minimum absolute atomic E-state index is 0.0715. The largest absolute Gasteiger partial charge is 0.465 e. The molecule has 2 aromatic carbocycles. The molecule has 3 aromatic rings. The molecule has 0 spiro atoms. The zero-order chi connectivity index (χ0) is 22.7. The van der Waals surface area contributed by atoms with Crippen LogP contribution in [0.3, 0.4) is 0 Å². The minimum atomic E-state index is -1.03. The van der Waals surface area contributed by atoms with E-state index >= 15 is 0 Å². The summed E-state index contributed by atoms with van der Waals surface area (Å²) in [4.78, 5) is 15.8. The SMILES string of the molecule is COC(=O)c1ccc(-c2cc(F)c(C#Cc3cnc(N)c(C=N)c3)c(F)c2N)c(S)c1. The summed E-state index contributed by atoms with van der Waals surface area (Å²) in [5.74, 6) is 2.64. The summed E-state index contributed by atoms with van der Waals surface area (Å²) in [6, 6.07) is 6.87. The molecule has 5 N–H and O–H groups in total. The van der Waals surface area contributed by atoms with Gasteiger partial charge in [0, 0.05) is 34.0 Å². The lowest BCUT2D eigenvalue weighted by Crippen LogP contribution is -2.03. The number of carbonyl (C=O) groups excluding carboxylic acids is 1. The molecule has 1 aromatic heterocycles. The summed E-state index contributed by atoms with van der Waals surface area (Å²) in [7, 11) is 1.24. The number of ether oxygens (including phenoxy) is 1. The van der Waals surface area contributed by atoms with Gasteiger partial charge in [0.1, 0.15) is 11.6 Å². The van der Waals surface area contributed by atoms with E-state index in [2.05, 4.69) is 34.2 Å². The Morgan fingerprint density at radius 2 is 1.94 bits per heavy atom. The van der Waals surface area contributed by atoms with Gasteiger partial charge in [0.15, 0.2) is 5.82 Å². The molecule has 0 aliphatic heterocycles. The van der Waals surface area contributed by atoms with Gasteiger partial charge in [-0.2, -0.15) is 0 Å². The highest BCUT2D eigenvalue weighted by Gasteiger charge is 2.19. The highest BCUT2D eigenvalue weighted by atomic mass is 32.1. The van der Waals surface area contributed by atoms with E-state index in [1.54, 1.807) is 0 Å². The third-order valence-corrected chi connectivity index (χ3v) is 4.77. The summed E-state index contributed by atoms with van der Waals surface area (Å²) in [6.07, 6.45) is 2.33. The maximum absolute atomic E-state index is 14.9. The number of hydrogen-bond donors (Lipinski definition) is 4. The Balaban J connectivity index is 2.05. The quantitative estimate of drug-likeness (QED) is 0.164. The number of anilines is 2. The van der Waals surface area contributed by atoms with Crippen LogP contribution in [0.1, 0.15) is 27.0 Å². The predicted molar refractivity (Wildman–Crippen MR) is 117 cm³/mol. The first kappa shape index (κ1) is 21.8. The number of nitrogens with zero attached hydrogens (tertiary/aromatic N) is 1. The molecule has 0 radical (unpaired) electrons. The average molecular weight is 438 g/mol. The number of nitrogens with two attached hydrogens (primary N) is 2. The number of carbonyl (C=O) groups is 1. The lowest BCUT2D eigenvalue weighted by Gasteiger charge is -2.12. The number of benzene rings is 2. The van der Waals surface area contributed by atoms with Crippen LogP contribution in [0.25, 0.3) is 11.1 Å². The van der Waals surface area contributed by atoms with Crippen molar-refractivity contribution in [3.05, 3.63) is 70.4 Å². The van der Waals surface area contributed by atoms with Gasteiger partial charge in [-0.25, -0.2) is 18.6 Å². The van der Waals surface area contributed by atoms with Gasteiger partial charge in [-0.1, -0.05) is 17.9 Å². The number of rotatable bonds is 3. The van der Waals surface area contributed by atoms with Gasteiger partial charge in [-0.15, -0.1) is 12.6 Å². The van der Waals surface area contributed by atoms with Crippen molar-refractivity contribution in [1.29, 1.82) is 5.41 Å². The minimum Gasteiger partial charge on any atom is -0.465 e. The van der Waals surface area contributed by atoms with Crippen LogP contribution >= 0.6 is 12.6 Å². The van der Waals surface area contributed by atoms with E-state index in [0.29, 0.717) is 21.6 Å². The molecule has 0 unspecified atom stereocenters. The van der Waals surface area contributed by atoms with Gasteiger partial charge >= 0.3 is 5.97 Å². The first-order valence-corrected chi connectivity index (χ1v) is 9.18. The summed E-state index contributed by atoms with van der Waals surface area (Å²) in [5, 5.41) is 7.28. The number of halogens is 2. The molecule has 0 saturated carbocycles. The zero-order valence-electron chi connectivity index (χ0n) is 16.2. The smallest absolute Gasteiger partial charge is 0.337 e. The Morgan fingerprint density at radius 3 is 2.58 bits per heavy atom. The van der Waals surface area contributed by atoms with E-state index in [0.717, 1.165) is 12.3 Å². The number of thiol groups is 1. The fraction of sp³-hybridized carbons (Fsp3) is 0.0455. The molecule has 3 rings (SSSR count). The molecule has 9 heteroatoms. The molecule has 0 saturated heterocycles. The maximum Gasteiger partial charge on any atom is 0.337 e. The van der Waals surface area contributed by atoms with Gasteiger partial charge in [-0.05, 0) is 29.8 Å². The second-order valence-electron chi connectivity index (χ2n) is 6.32. The summed E-state index contributed by atoms with van der Waals surface area (Å²) < 4.78 is 34.2. The second-order valence-corrected chi connectivity index (χ2v) is 6.81. The van der Waals surface area contributed by atoms with Crippen LogP contribution in [0, 0.1) is 28.9 Å². The van der Waals surface area contributed by atoms with Crippen molar-refractivity contribution >= 4 is 36.3 Å². The Morgan fingerprint density at radius 1 is 1.19 bits per heavy atom. The molecule has 156 valence electrons. The van der Waals surface area contributed by atoms with Crippen molar-refractivity contribution < 1.29 is 18.3 Å². The number of pyridine rings is 1. The Labute approximate surface area is 182 Å². The maximum atomic E-state index is 14.9. The molecule has 0 fully saturated rings. The summed E-state index contributed by atoms with van der Waals surface area (Å²) >= 11 is 4.30.